The Hall–Kier alpha value is -2.43. The molecule has 21 heavy (non-hydrogen) atoms. The lowest BCUT2D eigenvalue weighted by molar-refractivity contribution is 0.0943. The minimum Gasteiger partial charge on any atom is -0.350 e. The zero-order valence-electron chi connectivity index (χ0n) is 12.6. The number of aromatic nitrogens is 2. The highest BCUT2D eigenvalue weighted by Crippen LogP contribution is 2.14. The van der Waals surface area contributed by atoms with E-state index < -0.39 is 0 Å². The summed E-state index contributed by atoms with van der Waals surface area (Å²) in [6, 6.07) is 7.98. The van der Waals surface area contributed by atoms with Gasteiger partial charge >= 0.3 is 0 Å². The first-order valence-corrected chi connectivity index (χ1v) is 6.98. The summed E-state index contributed by atoms with van der Waals surface area (Å²) in [5.74, 6) is 0.821. The third-order valence-corrected chi connectivity index (χ3v) is 2.88. The van der Waals surface area contributed by atoms with E-state index in [0.717, 1.165) is 5.69 Å². The molecule has 0 aliphatic carbocycles. The zero-order chi connectivity index (χ0) is 15.2. The van der Waals surface area contributed by atoms with Gasteiger partial charge in [-0.05, 0) is 25.0 Å². The smallest absolute Gasteiger partial charge is 0.271 e. The number of hydrogen-bond acceptors (Lipinski definition) is 4. The van der Waals surface area contributed by atoms with Gasteiger partial charge in [0.05, 0.1) is 12.4 Å². The van der Waals surface area contributed by atoms with E-state index in [2.05, 4.69) is 20.6 Å². The average Bonchev–Trinajstić information content (AvgIpc) is 2.48. The van der Waals surface area contributed by atoms with Gasteiger partial charge in [-0.2, -0.15) is 0 Å². The van der Waals surface area contributed by atoms with Crippen LogP contribution >= 0.6 is 0 Å². The number of rotatable bonds is 5. The maximum Gasteiger partial charge on any atom is 0.271 e. The Morgan fingerprint density at radius 3 is 2.43 bits per heavy atom. The van der Waals surface area contributed by atoms with Gasteiger partial charge in [-0.25, -0.2) is 9.97 Å². The predicted molar refractivity (Wildman–Crippen MR) is 83.7 cm³/mol. The van der Waals surface area contributed by atoms with E-state index in [1.165, 1.54) is 11.8 Å². The molecular formula is C16H20N4O. The molecule has 0 unspecified atom stereocenters. The molecule has 110 valence electrons. The van der Waals surface area contributed by atoms with E-state index in [0.29, 0.717) is 24.0 Å². The summed E-state index contributed by atoms with van der Waals surface area (Å²) in [5, 5.41) is 5.95. The Labute approximate surface area is 124 Å². The number of amides is 1. The molecule has 5 nitrogen and oxygen atoms in total. The van der Waals surface area contributed by atoms with Crippen LogP contribution in [-0.2, 0) is 0 Å². The number of aryl methyl sites for hydroxylation is 1. The second-order valence-corrected chi connectivity index (χ2v) is 5.38. The summed E-state index contributed by atoms with van der Waals surface area (Å²) in [5.41, 5.74) is 2.46. The van der Waals surface area contributed by atoms with Crippen LogP contribution in [0, 0.1) is 12.8 Å². The molecule has 0 saturated heterocycles. The minimum absolute atomic E-state index is 0.196. The summed E-state index contributed by atoms with van der Waals surface area (Å²) < 4.78 is 0. The molecule has 0 radical (unpaired) electrons. The molecule has 1 amide bonds. The highest BCUT2D eigenvalue weighted by atomic mass is 16.1. The highest BCUT2D eigenvalue weighted by Gasteiger charge is 2.08. The largest absolute Gasteiger partial charge is 0.350 e. The second kappa shape index (κ2) is 6.83. The Balaban J connectivity index is 1.98. The Morgan fingerprint density at radius 2 is 1.86 bits per heavy atom. The molecule has 1 aromatic heterocycles. The van der Waals surface area contributed by atoms with Crippen LogP contribution in [0.25, 0.3) is 0 Å². The number of carbonyl (C=O) groups excluding carboxylic acids is 1. The van der Waals surface area contributed by atoms with Crippen molar-refractivity contribution in [1.29, 1.82) is 0 Å². The van der Waals surface area contributed by atoms with Crippen molar-refractivity contribution >= 4 is 17.4 Å². The van der Waals surface area contributed by atoms with Crippen molar-refractivity contribution in [2.45, 2.75) is 20.8 Å². The van der Waals surface area contributed by atoms with E-state index in [9.17, 15) is 4.79 Å². The number of nitrogens with one attached hydrogen (secondary N) is 2. The summed E-state index contributed by atoms with van der Waals surface area (Å²) >= 11 is 0. The SMILES string of the molecule is Cc1ccc(Nc2cnc(C(=O)NCC(C)C)cn2)cc1. The molecule has 0 bridgehead atoms. The van der Waals surface area contributed by atoms with Crippen molar-refractivity contribution in [3.8, 4) is 0 Å². The van der Waals surface area contributed by atoms with Crippen molar-refractivity contribution in [2.24, 2.45) is 5.92 Å². The van der Waals surface area contributed by atoms with Gasteiger partial charge in [-0.1, -0.05) is 31.5 Å². The van der Waals surface area contributed by atoms with Gasteiger partial charge in [-0.3, -0.25) is 4.79 Å². The lowest BCUT2D eigenvalue weighted by atomic mass is 10.2. The van der Waals surface area contributed by atoms with Gasteiger partial charge in [0.25, 0.3) is 5.91 Å². The molecule has 0 aliphatic rings. The highest BCUT2D eigenvalue weighted by molar-refractivity contribution is 5.92. The first kappa shape index (κ1) is 15.0. The van der Waals surface area contributed by atoms with E-state index in [4.69, 9.17) is 0 Å². The van der Waals surface area contributed by atoms with Crippen molar-refractivity contribution in [2.75, 3.05) is 11.9 Å². The fraction of sp³-hybridized carbons (Fsp3) is 0.312. The molecule has 0 aliphatic heterocycles. The number of anilines is 2. The van der Waals surface area contributed by atoms with Gasteiger partial charge < -0.3 is 10.6 Å². The van der Waals surface area contributed by atoms with Crippen LogP contribution in [0.4, 0.5) is 11.5 Å². The molecule has 2 N–H and O–H groups in total. The molecule has 0 saturated carbocycles. The third-order valence-electron chi connectivity index (χ3n) is 2.88. The number of hydrogen-bond donors (Lipinski definition) is 2. The maximum absolute atomic E-state index is 11.8. The zero-order valence-corrected chi connectivity index (χ0v) is 12.6. The monoisotopic (exact) mass is 284 g/mol. The van der Waals surface area contributed by atoms with Gasteiger partial charge in [0.1, 0.15) is 11.5 Å². The summed E-state index contributed by atoms with van der Waals surface area (Å²) in [6.07, 6.45) is 3.04. The normalized spacial score (nSPS) is 10.5. The average molecular weight is 284 g/mol. The fourth-order valence-electron chi connectivity index (χ4n) is 1.68. The van der Waals surface area contributed by atoms with Crippen LogP contribution in [0.15, 0.2) is 36.7 Å². The van der Waals surface area contributed by atoms with E-state index in [-0.39, 0.29) is 5.91 Å². The standard InChI is InChI=1S/C16H20N4O/c1-11(2)8-19-16(21)14-9-18-15(10-17-14)20-13-6-4-12(3)5-7-13/h4-7,9-11H,8H2,1-3H3,(H,18,20)(H,19,21). The molecule has 0 spiro atoms. The van der Waals surface area contributed by atoms with Crippen molar-refractivity contribution in [3.05, 3.63) is 47.9 Å². The summed E-state index contributed by atoms with van der Waals surface area (Å²) in [7, 11) is 0. The van der Waals surface area contributed by atoms with Gasteiger partial charge in [-0.15, -0.1) is 0 Å². The molecule has 0 fully saturated rings. The Bertz CT molecular complexity index is 591. The van der Waals surface area contributed by atoms with E-state index >= 15 is 0 Å². The minimum atomic E-state index is -0.196. The number of nitrogens with zero attached hydrogens (tertiary/aromatic N) is 2. The van der Waals surface area contributed by atoms with Crippen LogP contribution in [0.1, 0.15) is 29.9 Å². The first-order chi connectivity index (χ1) is 10.0. The number of carbonyl (C=O) groups is 1. The predicted octanol–water partition coefficient (Wildman–Crippen LogP) is 2.91. The Morgan fingerprint density at radius 1 is 1.14 bits per heavy atom. The fourth-order valence-corrected chi connectivity index (χ4v) is 1.68. The first-order valence-electron chi connectivity index (χ1n) is 6.98. The lowest BCUT2D eigenvalue weighted by Crippen LogP contribution is -2.28. The maximum atomic E-state index is 11.8. The van der Waals surface area contributed by atoms with Crippen LogP contribution in [0.2, 0.25) is 0 Å². The molecule has 5 heteroatoms. The van der Waals surface area contributed by atoms with Crippen molar-refractivity contribution < 1.29 is 4.79 Å². The molecular weight excluding hydrogens is 264 g/mol. The third kappa shape index (κ3) is 4.56. The molecule has 1 aromatic carbocycles. The van der Waals surface area contributed by atoms with Gasteiger partial charge in [0.15, 0.2) is 0 Å². The number of benzene rings is 1. The second-order valence-electron chi connectivity index (χ2n) is 5.38. The Kier molecular flexibility index (Phi) is 4.87. The van der Waals surface area contributed by atoms with Gasteiger partial charge in [0, 0.05) is 12.2 Å². The lowest BCUT2D eigenvalue weighted by Gasteiger charge is -2.08. The van der Waals surface area contributed by atoms with Crippen molar-refractivity contribution in [3.63, 3.8) is 0 Å². The van der Waals surface area contributed by atoms with Crippen LogP contribution in [0.5, 0.6) is 0 Å². The molecule has 2 aromatic rings. The quantitative estimate of drug-likeness (QED) is 0.886. The summed E-state index contributed by atoms with van der Waals surface area (Å²) in [4.78, 5) is 20.2. The van der Waals surface area contributed by atoms with Crippen LogP contribution < -0.4 is 10.6 Å². The van der Waals surface area contributed by atoms with Crippen LogP contribution in [0.3, 0.4) is 0 Å². The topological polar surface area (TPSA) is 66.9 Å². The summed E-state index contributed by atoms with van der Waals surface area (Å²) in [6.45, 7) is 6.75. The molecule has 0 atom stereocenters. The molecule has 1 heterocycles. The van der Waals surface area contributed by atoms with E-state index in [1.54, 1.807) is 6.20 Å². The molecule has 2 rings (SSSR count). The van der Waals surface area contributed by atoms with Crippen LogP contribution in [-0.4, -0.2) is 22.4 Å². The van der Waals surface area contributed by atoms with Gasteiger partial charge in [0.2, 0.25) is 0 Å². The van der Waals surface area contributed by atoms with E-state index in [1.807, 2.05) is 45.0 Å². The van der Waals surface area contributed by atoms with Crippen molar-refractivity contribution in [1.82, 2.24) is 15.3 Å².